The van der Waals surface area contributed by atoms with Gasteiger partial charge in [0.15, 0.2) is 0 Å². The molecule has 1 heterocycles. The number of carboxylic acid groups (broad SMARTS) is 1. The normalized spacial score (nSPS) is 22.2. The Morgan fingerprint density at radius 2 is 2.10 bits per heavy atom. The fourth-order valence-corrected chi connectivity index (χ4v) is 2.76. The second-order valence-corrected chi connectivity index (χ2v) is 5.90. The Kier molecular flexibility index (Phi) is 4.32. The minimum atomic E-state index is -0.932. The highest BCUT2D eigenvalue weighted by Gasteiger charge is 2.43. The van der Waals surface area contributed by atoms with Crippen LogP contribution in [0.5, 0.6) is 0 Å². The Balaban J connectivity index is 2.05. The Labute approximate surface area is 125 Å². The van der Waals surface area contributed by atoms with Gasteiger partial charge in [-0.15, -0.1) is 0 Å². The molecule has 1 aromatic carbocycles. The number of nitrogens with zero attached hydrogens (tertiary/aromatic N) is 1. The van der Waals surface area contributed by atoms with Crippen LogP contribution in [0.25, 0.3) is 0 Å². The zero-order chi connectivity index (χ0) is 15.6. The minimum Gasteiger partial charge on any atom is -0.480 e. The highest BCUT2D eigenvalue weighted by molar-refractivity contribution is 5.93. The van der Waals surface area contributed by atoms with Crippen LogP contribution in [0.4, 0.5) is 5.69 Å². The first-order chi connectivity index (χ1) is 9.84. The Morgan fingerprint density at radius 1 is 1.38 bits per heavy atom. The molecule has 1 unspecified atom stereocenters. The van der Waals surface area contributed by atoms with Crippen LogP contribution in [-0.4, -0.2) is 40.5 Å². The van der Waals surface area contributed by atoms with E-state index in [0.717, 1.165) is 23.2 Å². The molecule has 5 heteroatoms. The summed E-state index contributed by atoms with van der Waals surface area (Å²) in [7, 11) is 0. The predicted molar refractivity (Wildman–Crippen MR) is 81.4 cm³/mol. The van der Waals surface area contributed by atoms with Crippen molar-refractivity contribution >= 4 is 17.6 Å². The van der Waals surface area contributed by atoms with Crippen LogP contribution in [0.1, 0.15) is 30.9 Å². The van der Waals surface area contributed by atoms with Crippen molar-refractivity contribution in [2.75, 3.05) is 18.4 Å². The molecule has 1 amide bonds. The average molecular weight is 290 g/mol. The van der Waals surface area contributed by atoms with E-state index in [0.29, 0.717) is 13.0 Å². The third-order valence-corrected chi connectivity index (χ3v) is 4.46. The van der Waals surface area contributed by atoms with Gasteiger partial charge in [0.05, 0.1) is 6.54 Å². The zero-order valence-electron chi connectivity index (χ0n) is 12.8. The number of rotatable bonds is 4. The molecule has 0 radical (unpaired) electrons. The largest absolute Gasteiger partial charge is 0.480 e. The predicted octanol–water partition coefficient (Wildman–Crippen LogP) is 2.18. The van der Waals surface area contributed by atoms with Gasteiger partial charge in [0.1, 0.15) is 5.54 Å². The molecule has 2 N–H and O–H groups in total. The number of anilines is 1. The summed E-state index contributed by atoms with van der Waals surface area (Å²) in [5.74, 6) is -1.03. The molecule has 21 heavy (non-hydrogen) atoms. The van der Waals surface area contributed by atoms with Gasteiger partial charge < -0.3 is 10.4 Å². The van der Waals surface area contributed by atoms with E-state index in [4.69, 9.17) is 0 Å². The SMILES string of the molecule is Cc1cccc(NC(=O)CN2CCCC2(C)C(=O)O)c1C. The average Bonchev–Trinajstić information content (AvgIpc) is 2.78. The first-order valence-corrected chi connectivity index (χ1v) is 7.19. The topological polar surface area (TPSA) is 69.6 Å². The van der Waals surface area contributed by atoms with Crippen molar-refractivity contribution in [3.63, 3.8) is 0 Å². The van der Waals surface area contributed by atoms with Gasteiger partial charge in [-0.1, -0.05) is 12.1 Å². The van der Waals surface area contributed by atoms with Crippen molar-refractivity contribution in [3.8, 4) is 0 Å². The summed E-state index contributed by atoms with van der Waals surface area (Å²) in [5.41, 5.74) is 2.01. The molecular formula is C16H22N2O3. The molecule has 1 atom stereocenters. The number of hydrogen-bond donors (Lipinski definition) is 2. The number of aliphatic carboxylic acids is 1. The second-order valence-electron chi connectivity index (χ2n) is 5.90. The molecule has 2 rings (SSSR count). The van der Waals surface area contributed by atoms with Crippen LogP contribution >= 0.6 is 0 Å². The molecule has 1 aliphatic rings. The molecule has 0 aromatic heterocycles. The molecule has 0 bridgehead atoms. The van der Waals surface area contributed by atoms with Crippen molar-refractivity contribution in [1.82, 2.24) is 4.90 Å². The van der Waals surface area contributed by atoms with E-state index in [9.17, 15) is 14.7 Å². The summed E-state index contributed by atoms with van der Waals surface area (Å²) in [6, 6.07) is 5.75. The van der Waals surface area contributed by atoms with Gasteiger partial charge in [-0.2, -0.15) is 0 Å². The lowest BCUT2D eigenvalue weighted by molar-refractivity contribution is -0.149. The molecule has 1 fully saturated rings. The number of carboxylic acids is 1. The number of amides is 1. The molecule has 5 nitrogen and oxygen atoms in total. The third kappa shape index (κ3) is 3.08. The van der Waals surface area contributed by atoms with Crippen molar-refractivity contribution in [2.24, 2.45) is 0 Å². The van der Waals surface area contributed by atoms with Crippen LogP contribution in [-0.2, 0) is 9.59 Å². The van der Waals surface area contributed by atoms with Crippen LogP contribution in [0, 0.1) is 13.8 Å². The van der Waals surface area contributed by atoms with E-state index in [1.807, 2.05) is 32.0 Å². The number of benzene rings is 1. The second kappa shape index (κ2) is 5.85. The van der Waals surface area contributed by atoms with Crippen LogP contribution in [0.2, 0.25) is 0 Å². The molecule has 1 aromatic rings. The highest BCUT2D eigenvalue weighted by atomic mass is 16.4. The van der Waals surface area contributed by atoms with E-state index >= 15 is 0 Å². The van der Waals surface area contributed by atoms with Gasteiger partial charge in [0.2, 0.25) is 5.91 Å². The number of nitrogens with one attached hydrogen (secondary N) is 1. The Hall–Kier alpha value is -1.88. The van der Waals surface area contributed by atoms with E-state index in [1.54, 1.807) is 11.8 Å². The van der Waals surface area contributed by atoms with Crippen molar-refractivity contribution < 1.29 is 14.7 Å². The maximum Gasteiger partial charge on any atom is 0.323 e. The number of hydrogen-bond acceptors (Lipinski definition) is 3. The van der Waals surface area contributed by atoms with Gasteiger partial charge >= 0.3 is 5.97 Å². The number of likely N-dealkylation sites (tertiary alicyclic amines) is 1. The van der Waals surface area contributed by atoms with Gasteiger partial charge in [-0.3, -0.25) is 14.5 Å². The quantitative estimate of drug-likeness (QED) is 0.891. The summed E-state index contributed by atoms with van der Waals surface area (Å²) < 4.78 is 0. The monoisotopic (exact) mass is 290 g/mol. The Bertz CT molecular complexity index is 571. The summed E-state index contributed by atoms with van der Waals surface area (Å²) in [6.07, 6.45) is 1.39. The van der Waals surface area contributed by atoms with Gasteiger partial charge in [0.25, 0.3) is 0 Å². The van der Waals surface area contributed by atoms with Gasteiger partial charge in [0, 0.05) is 5.69 Å². The lowest BCUT2D eigenvalue weighted by Gasteiger charge is -2.30. The molecule has 1 saturated heterocycles. The lowest BCUT2D eigenvalue weighted by atomic mass is 9.99. The number of carbonyl (C=O) groups excluding carboxylic acids is 1. The minimum absolute atomic E-state index is 0.107. The van der Waals surface area contributed by atoms with E-state index in [-0.39, 0.29) is 12.5 Å². The van der Waals surface area contributed by atoms with Gasteiger partial charge in [-0.25, -0.2) is 0 Å². The molecule has 0 aliphatic carbocycles. The van der Waals surface area contributed by atoms with E-state index in [2.05, 4.69) is 5.32 Å². The van der Waals surface area contributed by atoms with Crippen molar-refractivity contribution in [2.45, 2.75) is 39.2 Å². The Morgan fingerprint density at radius 3 is 2.76 bits per heavy atom. The summed E-state index contributed by atoms with van der Waals surface area (Å²) >= 11 is 0. The molecule has 0 saturated carbocycles. The van der Waals surface area contributed by atoms with E-state index in [1.165, 1.54) is 0 Å². The highest BCUT2D eigenvalue weighted by Crippen LogP contribution is 2.29. The fourth-order valence-electron chi connectivity index (χ4n) is 2.76. The standard InChI is InChI=1S/C16H22N2O3/c1-11-6-4-7-13(12(11)2)17-14(19)10-18-9-5-8-16(18,3)15(20)21/h4,6-7H,5,8-10H2,1-3H3,(H,17,19)(H,20,21). The van der Waals surface area contributed by atoms with Crippen molar-refractivity contribution in [3.05, 3.63) is 29.3 Å². The van der Waals surface area contributed by atoms with Gasteiger partial charge in [-0.05, 0) is 57.4 Å². The molecule has 0 spiro atoms. The number of carbonyl (C=O) groups is 2. The molecular weight excluding hydrogens is 268 g/mol. The third-order valence-electron chi connectivity index (χ3n) is 4.46. The van der Waals surface area contributed by atoms with Crippen LogP contribution < -0.4 is 5.32 Å². The summed E-state index contributed by atoms with van der Waals surface area (Å²) in [4.78, 5) is 25.3. The molecule has 1 aliphatic heterocycles. The van der Waals surface area contributed by atoms with E-state index < -0.39 is 11.5 Å². The summed E-state index contributed by atoms with van der Waals surface area (Å²) in [5, 5.41) is 12.2. The maximum atomic E-state index is 12.2. The first-order valence-electron chi connectivity index (χ1n) is 7.19. The lowest BCUT2D eigenvalue weighted by Crippen LogP contribution is -2.50. The smallest absolute Gasteiger partial charge is 0.323 e. The summed E-state index contributed by atoms with van der Waals surface area (Å²) in [6.45, 7) is 6.39. The first kappa shape index (κ1) is 15.5. The zero-order valence-corrected chi connectivity index (χ0v) is 12.8. The van der Waals surface area contributed by atoms with Crippen LogP contribution in [0.3, 0.4) is 0 Å². The van der Waals surface area contributed by atoms with Crippen LogP contribution in [0.15, 0.2) is 18.2 Å². The van der Waals surface area contributed by atoms with Crippen molar-refractivity contribution in [1.29, 1.82) is 0 Å². The number of aryl methyl sites for hydroxylation is 1. The fraction of sp³-hybridized carbons (Fsp3) is 0.500. The maximum absolute atomic E-state index is 12.2. The molecule has 114 valence electrons.